The van der Waals surface area contributed by atoms with Crippen molar-refractivity contribution in [1.82, 2.24) is 9.88 Å². The third kappa shape index (κ3) is 3.31. The van der Waals surface area contributed by atoms with E-state index in [9.17, 15) is 18.8 Å². The van der Waals surface area contributed by atoms with Gasteiger partial charge in [-0.1, -0.05) is 25.1 Å². The Kier molecular flexibility index (Phi) is 4.72. The number of benzene rings is 2. The van der Waals surface area contributed by atoms with Crippen molar-refractivity contribution >= 4 is 40.5 Å². The molecule has 1 saturated heterocycles. The van der Waals surface area contributed by atoms with E-state index in [1.807, 2.05) is 30.5 Å². The summed E-state index contributed by atoms with van der Waals surface area (Å²) in [4.78, 5) is 38.5. The Morgan fingerprint density at radius 1 is 1.03 bits per heavy atom. The summed E-state index contributed by atoms with van der Waals surface area (Å²) in [6.45, 7) is 2.86. The zero-order valence-electron chi connectivity index (χ0n) is 15.7. The van der Waals surface area contributed by atoms with Crippen LogP contribution in [0.2, 0.25) is 0 Å². The molecular weight excluding hydrogens is 373 g/mol. The van der Waals surface area contributed by atoms with Crippen LogP contribution in [-0.2, 0) is 16.1 Å². The number of carbonyl (C=O) groups is 3. The fourth-order valence-electron chi connectivity index (χ4n) is 3.45. The van der Waals surface area contributed by atoms with Gasteiger partial charge in [-0.3, -0.25) is 14.9 Å². The van der Waals surface area contributed by atoms with E-state index in [1.54, 1.807) is 0 Å². The molecule has 0 aliphatic carbocycles. The molecule has 2 heterocycles. The van der Waals surface area contributed by atoms with Crippen LogP contribution >= 0.6 is 0 Å². The molecule has 1 aliphatic heterocycles. The summed E-state index contributed by atoms with van der Waals surface area (Å²) in [5.41, 5.74) is 1.73. The number of carbonyl (C=O) groups excluding carboxylic acids is 3. The van der Waals surface area contributed by atoms with Gasteiger partial charge in [0.25, 0.3) is 11.8 Å². The first-order valence-electron chi connectivity index (χ1n) is 9.24. The minimum Gasteiger partial charge on any atom is -0.347 e. The largest absolute Gasteiger partial charge is 0.347 e. The van der Waals surface area contributed by atoms with Crippen LogP contribution in [-0.4, -0.2) is 22.4 Å². The molecule has 0 spiro atoms. The Morgan fingerprint density at radius 2 is 1.76 bits per heavy atom. The van der Waals surface area contributed by atoms with Crippen molar-refractivity contribution in [2.24, 2.45) is 0 Å². The predicted molar refractivity (Wildman–Crippen MR) is 108 cm³/mol. The van der Waals surface area contributed by atoms with Crippen LogP contribution in [0.1, 0.15) is 18.9 Å². The van der Waals surface area contributed by atoms with Gasteiger partial charge in [-0.15, -0.1) is 0 Å². The van der Waals surface area contributed by atoms with Gasteiger partial charge >= 0.3 is 6.03 Å². The second-order valence-corrected chi connectivity index (χ2v) is 6.73. The molecule has 146 valence electrons. The molecule has 1 aliphatic rings. The lowest BCUT2D eigenvalue weighted by molar-refractivity contribution is -0.122. The van der Waals surface area contributed by atoms with Gasteiger partial charge < -0.3 is 4.57 Å². The van der Waals surface area contributed by atoms with Gasteiger partial charge in [0.05, 0.1) is 5.69 Å². The molecule has 0 bridgehead atoms. The van der Waals surface area contributed by atoms with Crippen molar-refractivity contribution in [2.45, 2.75) is 19.9 Å². The molecule has 0 unspecified atom stereocenters. The van der Waals surface area contributed by atoms with Gasteiger partial charge in [-0.2, -0.15) is 0 Å². The fourth-order valence-corrected chi connectivity index (χ4v) is 3.45. The predicted octanol–water partition coefficient (Wildman–Crippen LogP) is 3.86. The first kappa shape index (κ1) is 18.6. The minimum atomic E-state index is -0.864. The number of imide groups is 2. The van der Waals surface area contributed by atoms with Crippen LogP contribution < -0.4 is 10.2 Å². The first-order valence-corrected chi connectivity index (χ1v) is 9.24. The molecule has 1 N–H and O–H groups in total. The molecule has 29 heavy (non-hydrogen) atoms. The fraction of sp³-hybridized carbons (Fsp3) is 0.136. The lowest BCUT2D eigenvalue weighted by Crippen LogP contribution is -2.54. The van der Waals surface area contributed by atoms with Crippen molar-refractivity contribution in [3.63, 3.8) is 0 Å². The minimum absolute atomic E-state index is 0.159. The molecule has 7 heteroatoms. The van der Waals surface area contributed by atoms with Gasteiger partial charge in [0.2, 0.25) is 0 Å². The molecule has 6 nitrogen and oxygen atoms in total. The molecule has 4 rings (SSSR count). The number of nitrogens with one attached hydrogen (secondary N) is 1. The summed E-state index contributed by atoms with van der Waals surface area (Å²) in [6.07, 6.45) is 4.32. The lowest BCUT2D eigenvalue weighted by atomic mass is 10.1. The maximum Gasteiger partial charge on any atom is 0.335 e. The van der Waals surface area contributed by atoms with Crippen molar-refractivity contribution in [2.75, 3.05) is 4.90 Å². The zero-order valence-corrected chi connectivity index (χ0v) is 15.7. The maximum absolute atomic E-state index is 13.2. The number of hydrogen-bond donors (Lipinski definition) is 1. The average molecular weight is 391 g/mol. The van der Waals surface area contributed by atoms with Gasteiger partial charge in [0, 0.05) is 29.2 Å². The SMILES string of the molecule is CCCn1cc(C=C2C(=O)NC(=O)N(c3ccc(F)cc3)C2=O)c2ccccc21. The Balaban J connectivity index is 1.79. The smallest absolute Gasteiger partial charge is 0.335 e. The van der Waals surface area contributed by atoms with Crippen molar-refractivity contribution in [3.8, 4) is 0 Å². The van der Waals surface area contributed by atoms with Crippen LogP contribution in [0.3, 0.4) is 0 Å². The first-order chi connectivity index (χ1) is 14.0. The quantitative estimate of drug-likeness (QED) is 0.542. The Morgan fingerprint density at radius 3 is 2.48 bits per heavy atom. The highest BCUT2D eigenvalue weighted by molar-refractivity contribution is 6.39. The molecular formula is C22H18FN3O3. The second kappa shape index (κ2) is 7.35. The van der Waals surface area contributed by atoms with Crippen LogP contribution in [0.25, 0.3) is 17.0 Å². The molecule has 0 radical (unpaired) electrons. The number of barbiturate groups is 1. The second-order valence-electron chi connectivity index (χ2n) is 6.73. The number of fused-ring (bicyclic) bond motifs is 1. The highest BCUT2D eigenvalue weighted by atomic mass is 19.1. The number of para-hydroxylation sites is 1. The topological polar surface area (TPSA) is 71.4 Å². The van der Waals surface area contributed by atoms with Gasteiger partial charge in [-0.05, 0) is 42.8 Å². The standard InChI is InChI=1S/C22H18FN3O3/c1-2-11-25-13-14(17-5-3-4-6-19(17)25)12-18-20(27)24-22(29)26(21(18)28)16-9-7-15(23)8-10-16/h3-10,12-13H,2,11H2,1H3,(H,24,27,29). The average Bonchev–Trinajstić information content (AvgIpc) is 3.04. The Hall–Kier alpha value is -3.74. The van der Waals surface area contributed by atoms with E-state index >= 15 is 0 Å². The summed E-state index contributed by atoms with van der Waals surface area (Å²) >= 11 is 0. The monoisotopic (exact) mass is 391 g/mol. The van der Waals surface area contributed by atoms with E-state index < -0.39 is 23.7 Å². The normalized spacial score (nSPS) is 16.0. The van der Waals surface area contributed by atoms with E-state index in [-0.39, 0.29) is 11.3 Å². The van der Waals surface area contributed by atoms with Crippen molar-refractivity contribution < 1.29 is 18.8 Å². The summed E-state index contributed by atoms with van der Waals surface area (Å²) in [6, 6.07) is 11.8. The number of nitrogens with zero attached hydrogens (tertiary/aromatic N) is 2. The third-order valence-corrected chi connectivity index (χ3v) is 4.77. The van der Waals surface area contributed by atoms with Crippen molar-refractivity contribution in [3.05, 3.63) is 71.7 Å². The van der Waals surface area contributed by atoms with E-state index in [0.717, 1.165) is 40.9 Å². The third-order valence-electron chi connectivity index (χ3n) is 4.77. The Labute approximate surface area is 166 Å². The molecule has 0 saturated carbocycles. The summed E-state index contributed by atoms with van der Waals surface area (Å²) < 4.78 is 15.3. The van der Waals surface area contributed by atoms with E-state index in [2.05, 4.69) is 16.8 Å². The lowest BCUT2D eigenvalue weighted by Gasteiger charge is -2.26. The number of anilines is 1. The molecule has 4 amide bonds. The van der Waals surface area contributed by atoms with Crippen LogP contribution in [0, 0.1) is 5.82 Å². The zero-order chi connectivity index (χ0) is 20.5. The van der Waals surface area contributed by atoms with E-state index in [1.165, 1.54) is 18.2 Å². The molecule has 0 atom stereocenters. The van der Waals surface area contributed by atoms with Crippen LogP contribution in [0.5, 0.6) is 0 Å². The van der Waals surface area contributed by atoms with Crippen molar-refractivity contribution in [1.29, 1.82) is 0 Å². The number of halogens is 1. The maximum atomic E-state index is 13.2. The molecule has 3 aromatic rings. The van der Waals surface area contributed by atoms with E-state index in [4.69, 9.17) is 0 Å². The highest BCUT2D eigenvalue weighted by Gasteiger charge is 2.37. The Bertz CT molecular complexity index is 1160. The number of aromatic nitrogens is 1. The summed E-state index contributed by atoms with van der Waals surface area (Å²) in [5.74, 6) is -2.00. The summed E-state index contributed by atoms with van der Waals surface area (Å²) in [7, 11) is 0. The summed E-state index contributed by atoms with van der Waals surface area (Å²) in [5, 5.41) is 3.08. The molecule has 1 aromatic heterocycles. The van der Waals surface area contributed by atoms with E-state index in [0.29, 0.717) is 5.56 Å². The molecule has 2 aromatic carbocycles. The number of hydrogen-bond acceptors (Lipinski definition) is 3. The van der Waals surface area contributed by atoms with Gasteiger partial charge in [-0.25, -0.2) is 14.1 Å². The van der Waals surface area contributed by atoms with Crippen LogP contribution in [0.4, 0.5) is 14.9 Å². The van der Waals surface area contributed by atoms with Gasteiger partial charge in [0.15, 0.2) is 0 Å². The highest BCUT2D eigenvalue weighted by Crippen LogP contribution is 2.27. The molecule has 1 fully saturated rings. The van der Waals surface area contributed by atoms with Crippen LogP contribution in [0.15, 0.2) is 60.3 Å². The number of aryl methyl sites for hydroxylation is 1. The van der Waals surface area contributed by atoms with Gasteiger partial charge in [0.1, 0.15) is 11.4 Å². The number of rotatable bonds is 4. The number of urea groups is 1. The number of amides is 4.